The quantitative estimate of drug-likeness (QED) is 0.867. The average Bonchev–Trinajstić information content (AvgIpc) is 2.37. The number of nitrogens with zero attached hydrogens (tertiary/aromatic N) is 1. The fourth-order valence-corrected chi connectivity index (χ4v) is 2.32. The van der Waals surface area contributed by atoms with E-state index < -0.39 is 5.97 Å². The van der Waals surface area contributed by atoms with Crippen LogP contribution >= 0.6 is 0 Å². The van der Waals surface area contributed by atoms with Crippen LogP contribution in [0.5, 0.6) is 0 Å². The van der Waals surface area contributed by atoms with Gasteiger partial charge in [-0.3, -0.25) is 0 Å². The van der Waals surface area contributed by atoms with Gasteiger partial charge < -0.3 is 20.1 Å². The van der Waals surface area contributed by atoms with Gasteiger partial charge in [-0.2, -0.15) is 0 Å². The number of para-hydroxylation sites is 1. The van der Waals surface area contributed by atoms with Gasteiger partial charge >= 0.3 is 12.0 Å². The first kappa shape index (κ1) is 14.3. The van der Waals surface area contributed by atoms with Crippen LogP contribution in [0.3, 0.4) is 0 Å². The third-order valence-corrected chi connectivity index (χ3v) is 3.11. The van der Waals surface area contributed by atoms with Crippen LogP contribution in [0.1, 0.15) is 24.2 Å². The summed E-state index contributed by atoms with van der Waals surface area (Å²) in [5.41, 5.74) is 0.381. The first-order valence-corrected chi connectivity index (χ1v) is 6.51. The van der Waals surface area contributed by atoms with E-state index in [9.17, 15) is 9.59 Å². The molecule has 1 saturated heterocycles. The number of ether oxygens (including phenoxy) is 1. The normalized spacial score (nSPS) is 22.4. The minimum atomic E-state index is -1.07. The highest BCUT2D eigenvalue weighted by molar-refractivity contribution is 5.99. The zero-order valence-electron chi connectivity index (χ0n) is 11.5. The number of nitrogens with one attached hydrogen (secondary N) is 1. The Morgan fingerprint density at radius 3 is 2.45 bits per heavy atom. The molecule has 2 atom stereocenters. The SMILES string of the molecule is CC1CN(C(=O)Nc2ccccc2C(=O)O)CC(C)O1. The molecule has 2 unspecified atom stereocenters. The minimum absolute atomic E-state index is 0.0285. The van der Waals surface area contributed by atoms with Gasteiger partial charge in [-0.15, -0.1) is 0 Å². The lowest BCUT2D eigenvalue weighted by atomic mass is 10.2. The molecule has 1 heterocycles. The van der Waals surface area contributed by atoms with Crippen LogP contribution in [0.15, 0.2) is 24.3 Å². The molecule has 0 spiro atoms. The average molecular weight is 278 g/mol. The van der Waals surface area contributed by atoms with E-state index in [1.807, 2.05) is 13.8 Å². The van der Waals surface area contributed by atoms with Crippen LogP contribution in [0.2, 0.25) is 0 Å². The minimum Gasteiger partial charge on any atom is -0.478 e. The topological polar surface area (TPSA) is 78.9 Å². The zero-order chi connectivity index (χ0) is 14.7. The maximum atomic E-state index is 12.2. The second kappa shape index (κ2) is 5.92. The van der Waals surface area contributed by atoms with Crippen LogP contribution in [-0.4, -0.2) is 47.3 Å². The number of anilines is 1. The molecular weight excluding hydrogens is 260 g/mol. The summed E-state index contributed by atoms with van der Waals surface area (Å²) < 4.78 is 5.56. The number of carboxylic acid groups (broad SMARTS) is 1. The first-order valence-electron chi connectivity index (χ1n) is 6.51. The molecule has 1 aliphatic rings. The number of benzene rings is 1. The molecule has 1 aliphatic heterocycles. The van der Waals surface area contributed by atoms with Gasteiger partial charge in [0.2, 0.25) is 0 Å². The Morgan fingerprint density at radius 2 is 1.85 bits per heavy atom. The van der Waals surface area contributed by atoms with Crippen molar-refractivity contribution in [3.63, 3.8) is 0 Å². The van der Waals surface area contributed by atoms with Gasteiger partial charge in [0.15, 0.2) is 0 Å². The van der Waals surface area contributed by atoms with E-state index >= 15 is 0 Å². The van der Waals surface area contributed by atoms with Gasteiger partial charge in [0.05, 0.1) is 23.5 Å². The van der Waals surface area contributed by atoms with Crippen molar-refractivity contribution in [3.8, 4) is 0 Å². The summed E-state index contributed by atoms with van der Waals surface area (Å²) in [6.45, 7) is 4.79. The van der Waals surface area contributed by atoms with E-state index in [1.54, 1.807) is 23.1 Å². The van der Waals surface area contributed by atoms with Crippen LogP contribution in [0.25, 0.3) is 0 Å². The number of amides is 2. The molecule has 108 valence electrons. The van der Waals surface area contributed by atoms with Gasteiger partial charge in [0, 0.05) is 13.1 Å². The Bertz CT molecular complexity index is 508. The molecular formula is C14H18N2O4. The van der Waals surface area contributed by atoms with Gasteiger partial charge in [-0.1, -0.05) is 12.1 Å². The molecule has 0 bridgehead atoms. The molecule has 6 heteroatoms. The van der Waals surface area contributed by atoms with Crippen molar-refractivity contribution in [2.75, 3.05) is 18.4 Å². The number of carbonyl (C=O) groups is 2. The Kier molecular flexibility index (Phi) is 4.24. The van der Waals surface area contributed by atoms with E-state index in [0.29, 0.717) is 18.8 Å². The predicted octanol–water partition coefficient (Wildman–Crippen LogP) is 2.03. The van der Waals surface area contributed by atoms with Crippen molar-refractivity contribution in [2.24, 2.45) is 0 Å². The number of urea groups is 1. The molecule has 1 aromatic carbocycles. The third kappa shape index (κ3) is 3.27. The highest BCUT2D eigenvalue weighted by Gasteiger charge is 2.26. The number of morpholine rings is 1. The van der Waals surface area contributed by atoms with Crippen molar-refractivity contribution < 1.29 is 19.4 Å². The fraction of sp³-hybridized carbons (Fsp3) is 0.429. The summed E-state index contributed by atoms with van der Waals surface area (Å²) in [4.78, 5) is 24.9. The molecule has 2 N–H and O–H groups in total. The van der Waals surface area contributed by atoms with Gasteiger partial charge in [0.25, 0.3) is 0 Å². The third-order valence-electron chi connectivity index (χ3n) is 3.11. The van der Waals surface area contributed by atoms with Crippen LogP contribution < -0.4 is 5.32 Å². The number of hydrogen-bond donors (Lipinski definition) is 2. The van der Waals surface area contributed by atoms with Crippen molar-refractivity contribution in [3.05, 3.63) is 29.8 Å². The van der Waals surface area contributed by atoms with Crippen LogP contribution in [0.4, 0.5) is 10.5 Å². The summed E-state index contributed by atoms with van der Waals surface area (Å²) in [6.07, 6.45) is -0.0570. The molecule has 1 fully saturated rings. The van der Waals surface area contributed by atoms with E-state index in [1.165, 1.54) is 6.07 Å². The molecule has 0 saturated carbocycles. The highest BCUT2D eigenvalue weighted by Crippen LogP contribution is 2.17. The Hall–Kier alpha value is -2.08. The summed E-state index contributed by atoms with van der Waals surface area (Å²) in [5.74, 6) is -1.07. The van der Waals surface area contributed by atoms with Crippen molar-refractivity contribution in [1.29, 1.82) is 0 Å². The van der Waals surface area contributed by atoms with E-state index in [-0.39, 0.29) is 23.8 Å². The Morgan fingerprint density at radius 1 is 1.25 bits per heavy atom. The van der Waals surface area contributed by atoms with E-state index in [0.717, 1.165) is 0 Å². The number of rotatable bonds is 2. The van der Waals surface area contributed by atoms with Gasteiger partial charge in [0.1, 0.15) is 0 Å². The molecule has 0 aliphatic carbocycles. The van der Waals surface area contributed by atoms with E-state index in [2.05, 4.69) is 5.32 Å². The van der Waals surface area contributed by atoms with Crippen molar-refractivity contribution in [2.45, 2.75) is 26.1 Å². The summed E-state index contributed by atoms with van der Waals surface area (Å²) in [7, 11) is 0. The molecule has 6 nitrogen and oxygen atoms in total. The molecule has 1 aromatic rings. The molecule has 0 radical (unpaired) electrons. The smallest absolute Gasteiger partial charge is 0.337 e. The standard InChI is InChI=1S/C14H18N2O4/c1-9-7-16(8-10(2)20-9)14(19)15-12-6-4-3-5-11(12)13(17)18/h3-6,9-10H,7-8H2,1-2H3,(H,15,19)(H,17,18). The number of carboxylic acids is 1. The maximum Gasteiger partial charge on any atom is 0.337 e. The monoisotopic (exact) mass is 278 g/mol. The van der Waals surface area contributed by atoms with Crippen molar-refractivity contribution in [1.82, 2.24) is 4.90 Å². The number of aromatic carboxylic acids is 1. The Labute approximate surface area is 117 Å². The van der Waals surface area contributed by atoms with E-state index in [4.69, 9.17) is 9.84 Å². The second-order valence-corrected chi connectivity index (χ2v) is 4.94. The van der Waals surface area contributed by atoms with Gasteiger partial charge in [-0.05, 0) is 26.0 Å². The lowest BCUT2D eigenvalue weighted by Crippen LogP contribution is -2.49. The molecule has 2 amide bonds. The lowest BCUT2D eigenvalue weighted by Gasteiger charge is -2.35. The van der Waals surface area contributed by atoms with Gasteiger partial charge in [-0.25, -0.2) is 9.59 Å². The maximum absolute atomic E-state index is 12.2. The summed E-state index contributed by atoms with van der Waals surface area (Å²) in [5, 5.41) is 11.7. The molecule has 2 rings (SSSR count). The second-order valence-electron chi connectivity index (χ2n) is 4.94. The summed E-state index contributed by atoms with van der Waals surface area (Å²) in [6, 6.07) is 6.04. The predicted molar refractivity (Wildman–Crippen MR) is 74.0 cm³/mol. The number of carbonyl (C=O) groups excluding carboxylic acids is 1. The Balaban J connectivity index is 2.10. The number of hydrogen-bond acceptors (Lipinski definition) is 3. The molecule has 0 aromatic heterocycles. The zero-order valence-corrected chi connectivity index (χ0v) is 11.5. The van der Waals surface area contributed by atoms with Crippen LogP contribution in [-0.2, 0) is 4.74 Å². The molecule has 20 heavy (non-hydrogen) atoms. The van der Waals surface area contributed by atoms with Crippen molar-refractivity contribution >= 4 is 17.7 Å². The largest absolute Gasteiger partial charge is 0.478 e. The lowest BCUT2D eigenvalue weighted by molar-refractivity contribution is -0.0530. The fourth-order valence-electron chi connectivity index (χ4n) is 2.32. The van der Waals surface area contributed by atoms with Crippen LogP contribution in [0, 0.1) is 0 Å². The highest BCUT2D eigenvalue weighted by atomic mass is 16.5. The first-order chi connectivity index (χ1) is 9.47. The summed E-state index contributed by atoms with van der Waals surface area (Å²) >= 11 is 0.